The van der Waals surface area contributed by atoms with E-state index < -0.39 is 20.8 Å². The van der Waals surface area contributed by atoms with Gasteiger partial charge in [0.15, 0.2) is 0 Å². The Labute approximate surface area is 269 Å². The monoisotopic (exact) mass is 724 g/mol. The molecule has 0 aromatic heterocycles. The van der Waals surface area contributed by atoms with Gasteiger partial charge in [0.05, 0.1) is 0 Å². The van der Waals surface area contributed by atoms with Gasteiger partial charge in [0.2, 0.25) is 0 Å². The van der Waals surface area contributed by atoms with Gasteiger partial charge in [-0.15, -0.1) is 22.7 Å². The van der Waals surface area contributed by atoms with Crippen molar-refractivity contribution in [2.75, 3.05) is 0 Å². The normalized spacial score (nSPS) is 15.3. The Balaban J connectivity index is 0.000000181. The van der Waals surface area contributed by atoms with Crippen molar-refractivity contribution < 1.29 is 61.9 Å². The predicted molar refractivity (Wildman–Crippen MR) is 162 cm³/mol. The van der Waals surface area contributed by atoms with Crippen LogP contribution in [-0.2, 0) is 56.8 Å². The van der Waals surface area contributed by atoms with E-state index in [2.05, 4.69) is 78.5 Å². The molecule has 4 aliphatic heterocycles. The molecule has 0 fully saturated rings. The summed E-state index contributed by atoms with van der Waals surface area (Å²) < 4.78 is 58.9. The number of hydrogen-bond donors (Lipinski definition) is 2. The van der Waals surface area contributed by atoms with E-state index in [9.17, 15) is 16.8 Å². The molecular formula is C28H26CdN4O8S2-4. The average Bonchev–Trinajstić information content (AvgIpc) is 2.92. The molecule has 2 N–H and O–H groups in total. The van der Waals surface area contributed by atoms with Crippen LogP contribution in [0.3, 0.4) is 0 Å². The Morgan fingerprint density at radius 2 is 0.674 bits per heavy atom. The molecule has 4 heterocycles. The minimum atomic E-state index is -5.02. The zero-order valence-electron chi connectivity index (χ0n) is 23.6. The third kappa shape index (κ3) is 9.62. The fraction of sp³-hybridized carbons (Fsp3) is 0.143. The van der Waals surface area contributed by atoms with Crippen LogP contribution in [-0.4, -0.2) is 25.9 Å². The van der Waals surface area contributed by atoms with E-state index in [-0.39, 0.29) is 27.3 Å². The Morgan fingerprint density at radius 1 is 0.465 bits per heavy atom. The van der Waals surface area contributed by atoms with Crippen LogP contribution in [0.5, 0.6) is 0 Å². The number of hydrogen-bond acceptors (Lipinski definition) is 6. The predicted octanol–water partition coefficient (Wildman–Crippen LogP) is 4.72. The van der Waals surface area contributed by atoms with E-state index >= 15 is 0 Å². The molecular weight excluding hydrogens is 697 g/mol. The van der Waals surface area contributed by atoms with Crippen molar-refractivity contribution in [3.05, 3.63) is 113 Å². The second-order valence-corrected chi connectivity index (χ2v) is 11.2. The first-order chi connectivity index (χ1) is 19.7. The van der Waals surface area contributed by atoms with Gasteiger partial charge in [-0.05, 0) is 20.9 Å². The molecule has 0 spiro atoms. The molecule has 2 aromatic carbocycles. The number of rotatable bonds is 3. The van der Waals surface area contributed by atoms with Gasteiger partial charge < -0.3 is 21.3 Å². The SMILES string of the molecule is CC1=CC=c2ccc3c(c2[N-]1)[N-]C(C)=CC=3.CC1=CC=c2ccc3c(c2[N-]1)[N-]C(C)=CC=3.O=S(=O)(O)OOS(=O)(=O)O.[Cd]. The van der Waals surface area contributed by atoms with Crippen molar-refractivity contribution in [2.24, 2.45) is 0 Å². The summed E-state index contributed by atoms with van der Waals surface area (Å²) in [6, 6.07) is 8.39. The molecule has 4 aliphatic rings. The molecule has 15 heteroatoms. The fourth-order valence-corrected chi connectivity index (χ4v) is 4.56. The summed E-state index contributed by atoms with van der Waals surface area (Å²) in [7, 11) is -10.0. The molecule has 43 heavy (non-hydrogen) atoms. The third-order valence-electron chi connectivity index (χ3n) is 5.80. The Morgan fingerprint density at radius 3 is 0.860 bits per heavy atom. The van der Waals surface area contributed by atoms with Crippen LogP contribution in [0.4, 0.5) is 22.7 Å². The number of benzene rings is 2. The summed E-state index contributed by atoms with van der Waals surface area (Å²) in [5.74, 6) is 0. The van der Waals surface area contributed by atoms with Crippen LogP contribution in [0.25, 0.3) is 45.6 Å². The van der Waals surface area contributed by atoms with E-state index in [1.54, 1.807) is 0 Å². The van der Waals surface area contributed by atoms with E-state index in [0.717, 1.165) is 66.4 Å². The number of nitrogens with zero attached hydrogens (tertiary/aromatic N) is 4. The smallest absolute Gasteiger partial charge is 0.425 e. The molecule has 12 nitrogen and oxygen atoms in total. The molecule has 0 unspecified atom stereocenters. The van der Waals surface area contributed by atoms with Gasteiger partial charge in [-0.3, -0.25) is 9.11 Å². The van der Waals surface area contributed by atoms with E-state index in [1.807, 2.05) is 52.0 Å². The molecule has 2 aromatic rings. The van der Waals surface area contributed by atoms with Gasteiger partial charge >= 0.3 is 20.8 Å². The van der Waals surface area contributed by atoms with E-state index in [1.165, 1.54) is 0 Å². The summed E-state index contributed by atoms with van der Waals surface area (Å²) in [6.07, 6.45) is 16.5. The Kier molecular flexibility index (Phi) is 11.2. The molecule has 0 saturated heterocycles. The van der Waals surface area contributed by atoms with Gasteiger partial charge in [-0.25, -0.2) is 0 Å². The standard InChI is InChI=1S/2C14H12N2.Cd.H2O8S2/c2*1-9-3-5-11-7-8-12-6-4-10(2)16-14(12)13(11)15-9;;1-9(2,3)7-8-10(4,5)6/h2*3-8H,1-2H3;;(H,1,2,3)(H,4,5,6)/q2*-2;;. The van der Waals surface area contributed by atoms with Gasteiger partial charge in [0.25, 0.3) is 0 Å². The Bertz CT molecular complexity index is 1770. The summed E-state index contributed by atoms with van der Waals surface area (Å²) in [5, 5.41) is 22.9. The first-order valence-corrected chi connectivity index (χ1v) is 15.0. The van der Waals surface area contributed by atoms with Crippen molar-refractivity contribution in [1.82, 2.24) is 0 Å². The summed E-state index contributed by atoms with van der Waals surface area (Å²) in [5.41, 5.74) is 8.13. The summed E-state index contributed by atoms with van der Waals surface area (Å²) in [6.45, 7) is 8.03. The van der Waals surface area contributed by atoms with Crippen LogP contribution in [0.1, 0.15) is 27.7 Å². The van der Waals surface area contributed by atoms with Crippen molar-refractivity contribution in [1.29, 1.82) is 0 Å². The minimum Gasteiger partial charge on any atom is -0.662 e. The molecule has 0 atom stereocenters. The van der Waals surface area contributed by atoms with Gasteiger partial charge in [0.1, 0.15) is 0 Å². The Hall–Kier alpha value is -3.26. The zero-order chi connectivity index (χ0) is 30.7. The van der Waals surface area contributed by atoms with Crippen molar-refractivity contribution in [3.8, 4) is 0 Å². The molecule has 0 saturated carbocycles. The maximum atomic E-state index is 9.51. The van der Waals surface area contributed by atoms with Gasteiger partial charge in [-0.2, -0.15) is 39.6 Å². The van der Waals surface area contributed by atoms with Crippen LogP contribution in [0.15, 0.2) is 71.4 Å². The molecule has 0 amide bonds. The maximum Gasteiger partial charge on any atom is 0.425 e. The van der Waals surface area contributed by atoms with Crippen molar-refractivity contribution in [2.45, 2.75) is 27.7 Å². The number of fused-ring (bicyclic) bond motifs is 6. The van der Waals surface area contributed by atoms with Crippen LogP contribution < -0.4 is 20.9 Å². The largest absolute Gasteiger partial charge is 0.662 e. The maximum absolute atomic E-state index is 9.51. The fourth-order valence-electron chi connectivity index (χ4n) is 4.00. The zero-order valence-corrected chi connectivity index (χ0v) is 29.3. The molecule has 224 valence electrons. The molecule has 0 radical (unpaired) electrons. The first kappa shape index (κ1) is 34.2. The molecule has 6 rings (SSSR count). The van der Waals surface area contributed by atoms with Crippen LogP contribution in [0.2, 0.25) is 0 Å². The topological polar surface area (TPSA) is 184 Å². The quantitative estimate of drug-likeness (QED) is 0.197. The molecule has 0 bridgehead atoms. The van der Waals surface area contributed by atoms with Gasteiger partial charge in [0, 0.05) is 27.3 Å². The summed E-state index contributed by atoms with van der Waals surface area (Å²) in [4.78, 5) is 0. The van der Waals surface area contributed by atoms with Crippen molar-refractivity contribution >= 4 is 67.9 Å². The minimum absolute atomic E-state index is 0. The second-order valence-electron chi connectivity index (χ2n) is 9.22. The average molecular weight is 723 g/mol. The first-order valence-electron chi connectivity index (χ1n) is 12.3. The molecule has 0 aliphatic carbocycles. The van der Waals surface area contributed by atoms with Crippen molar-refractivity contribution in [3.63, 3.8) is 0 Å². The van der Waals surface area contributed by atoms with Gasteiger partial charge in [-0.1, -0.05) is 109 Å². The van der Waals surface area contributed by atoms with Crippen LogP contribution in [0, 0.1) is 0 Å². The van der Waals surface area contributed by atoms with E-state index in [0.29, 0.717) is 0 Å². The number of allylic oxidation sites excluding steroid dienone is 8. The van der Waals surface area contributed by atoms with Crippen LogP contribution >= 0.6 is 0 Å². The summed E-state index contributed by atoms with van der Waals surface area (Å²) >= 11 is 0. The third-order valence-corrected chi connectivity index (χ3v) is 6.36. The van der Waals surface area contributed by atoms with E-state index in [4.69, 9.17) is 9.11 Å². The second kappa shape index (κ2) is 14.0.